The molecule has 0 radical (unpaired) electrons. The van der Waals surface area contributed by atoms with E-state index >= 15 is 0 Å². The summed E-state index contributed by atoms with van der Waals surface area (Å²) >= 11 is 0. The maximum atomic E-state index is 14.3. The first-order valence-corrected chi connectivity index (χ1v) is 10.1. The second kappa shape index (κ2) is 7.57. The van der Waals surface area contributed by atoms with Gasteiger partial charge in [-0.05, 0) is 38.5 Å². The molecule has 2 aliphatic rings. The fourth-order valence-corrected chi connectivity index (χ4v) is 4.90. The van der Waals surface area contributed by atoms with Crippen molar-refractivity contribution >= 4 is 10.0 Å². The molecule has 140 valence electrons. The van der Waals surface area contributed by atoms with Crippen LogP contribution in [0.1, 0.15) is 20.3 Å². The van der Waals surface area contributed by atoms with Crippen molar-refractivity contribution in [3.05, 3.63) is 24.0 Å². The average Bonchev–Trinajstić information content (AvgIpc) is 3.09. The molecule has 2 fully saturated rings. The fourth-order valence-electron chi connectivity index (χ4n) is 3.18. The van der Waals surface area contributed by atoms with E-state index in [4.69, 9.17) is 9.47 Å². The molecule has 0 spiro atoms. The van der Waals surface area contributed by atoms with Crippen LogP contribution in [0, 0.1) is 11.7 Å². The van der Waals surface area contributed by atoms with Gasteiger partial charge in [0.05, 0.1) is 18.1 Å². The fraction of sp³-hybridized carbons (Fsp3) is 0.647. The molecule has 3 atom stereocenters. The Morgan fingerprint density at radius 2 is 2.20 bits per heavy atom. The minimum atomic E-state index is -3.74. The first kappa shape index (κ1) is 18.6. The normalized spacial score (nSPS) is 28.2. The number of rotatable bonds is 5. The van der Waals surface area contributed by atoms with E-state index < -0.39 is 15.8 Å². The molecule has 0 amide bonds. The Hall–Kier alpha value is -1.22. The van der Waals surface area contributed by atoms with Crippen LogP contribution in [0.3, 0.4) is 0 Å². The summed E-state index contributed by atoms with van der Waals surface area (Å²) < 4.78 is 52.2. The number of nitrogens with one attached hydrogen (secondary N) is 1. The summed E-state index contributed by atoms with van der Waals surface area (Å²) in [4.78, 5) is -0.0394. The lowest BCUT2D eigenvalue weighted by Gasteiger charge is -2.37. The molecule has 3 unspecified atom stereocenters. The van der Waals surface area contributed by atoms with Crippen LogP contribution in [0.15, 0.2) is 23.1 Å². The lowest BCUT2D eigenvalue weighted by atomic mass is 10.1. The summed E-state index contributed by atoms with van der Waals surface area (Å²) in [5, 5.41) is 3.24. The number of hydrogen-bond acceptors (Lipinski definition) is 5. The molecule has 0 bridgehead atoms. The highest BCUT2D eigenvalue weighted by Gasteiger charge is 2.34. The van der Waals surface area contributed by atoms with Crippen LogP contribution in [-0.2, 0) is 14.8 Å². The number of ether oxygens (including phenoxy) is 2. The Kier molecular flexibility index (Phi) is 5.62. The van der Waals surface area contributed by atoms with Gasteiger partial charge in [0.15, 0.2) is 11.6 Å². The predicted molar refractivity (Wildman–Crippen MR) is 91.6 cm³/mol. The summed E-state index contributed by atoms with van der Waals surface area (Å²) in [5.41, 5.74) is 0. The highest BCUT2D eigenvalue weighted by molar-refractivity contribution is 7.89. The smallest absolute Gasteiger partial charge is 0.243 e. The van der Waals surface area contributed by atoms with Crippen LogP contribution in [0.5, 0.6) is 5.75 Å². The lowest BCUT2D eigenvalue weighted by molar-refractivity contribution is 0.165. The van der Waals surface area contributed by atoms with Crippen molar-refractivity contribution in [3.63, 3.8) is 0 Å². The van der Waals surface area contributed by atoms with Gasteiger partial charge in [0, 0.05) is 37.7 Å². The van der Waals surface area contributed by atoms with E-state index in [0.29, 0.717) is 32.9 Å². The third kappa shape index (κ3) is 3.97. The molecule has 1 aromatic carbocycles. The molecule has 2 heterocycles. The molecule has 25 heavy (non-hydrogen) atoms. The van der Waals surface area contributed by atoms with Crippen molar-refractivity contribution < 1.29 is 22.3 Å². The van der Waals surface area contributed by atoms with Gasteiger partial charge in [-0.3, -0.25) is 0 Å². The van der Waals surface area contributed by atoms with Gasteiger partial charge in [-0.1, -0.05) is 0 Å². The quantitative estimate of drug-likeness (QED) is 0.851. The summed E-state index contributed by atoms with van der Waals surface area (Å²) in [7, 11) is -3.74. The van der Waals surface area contributed by atoms with Crippen LogP contribution in [-0.4, -0.2) is 57.7 Å². The van der Waals surface area contributed by atoms with Gasteiger partial charge in [-0.25, -0.2) is 12.8 Å². The molecule has 3 rings (SSSR count). The minimum Gasteiger partial charge on any atom is -0.490 e. The topological polar surface area (TPSA) is 67.9 Å². The van der Waals surface area contributed by atoms with Gasteiger partial charge < -0.3 is 14.8 Å². The minimum absolute atomic E-state index is 0.0394. The van der Waals surface area contributed by atoms with Crippen molar-refractivity contribution in [2.24, 2.45) is 5.92 Å². The second-order valence-electron chi connectivity index (χ2n) is 6.73. The summed E-state index contributed by atoms with van der Waals surface area (Å²) in [5.74, 6) is -0.325. The third-order valence-electron chi connectivity index (χ3n) is 4.98. The first-order chi connectivity index (χ1) is 11.9. The first-order valence-electron chi connectivity index (χ1n) is 8.65. The Morgan fingerprint density at radius 1 is 1.40 bits per heavy atom. The maximum Gasteiger partial charge on any atom is 0.243 e. The number of nitrogens with zero attached hydrogens (tertiary/aromatic N) is 1. The van der Waals surface area contributed by atoms with Crippen molar-refractivity contribution in [2.45, 2.75) is 37.2 Å². The Labute approximate surface area is 148 Å². The SMILES string of the molecule is CC1NCCN(S(=O)(=O)c2ccc(OCC3CCOC3)c(F)c2)C1C. The van der Waals surface area contributed by atoms with Crippen LogP contribution in [0.4, 0.5) is 4.39 Å². The highest BCUT2D eigenvalue weighted by atomic mass is 32.2. The van der Waals surface area contributed by atoms with Crippen LogP contribution in [0.25, 0.3) is 0 Å². The van der Waals surface area contributed by atoms with Crippen LogP contribution < -0.4 is 10.1 Å². The molecule has 1 aromatic rings. The van der Waals surface area contributed by atoms with Crippen molar-refractivity contribution in [3.8, 4) is 5.75 Å². The van der Waals surface area contributed by atoms with E-state index in [1.54, 1.807) is 0 Å². The average molecular weight is 372 g/mol. The highest BCUT2D eigenvalue weighted by Crippen LogP contribution is 2.26. The molecule has 0 saturated carbocycles. The monoisotopic (exact) mass is 372 g/mol. The molecular formula is C17H25FN2O4S. The zero-order chi connectivity index (χ0) is 18.0. The largest absolute Gasteiger partial charge is 0.490 e. The summed E-state index contributed by atoms with van der Waals surface area (Å²) in [6.07, 6.45) is 0.896. The van der Waals surface area contributed by atoms with E-state index in [9.17, 15) is 12.8 Å². The molecule has 8 heteroatoms. The maximum absolute atomic E-state index is 14.3. The van der Waals surface area contributed by atoms with E-state index in [1.165, 1.54) is 16.4 Å². The van der Waals surface area contributed by atoms with Crippen LogP contribution >= 0.6 is 0 Å². The van der Waals surface area contributed by atoms with Gasteiger partial charge in [0.2, 0.25) is 10.0 Å². The van der Waals surface area contributed by atoms with Crippen LogP contribution in [0.2, 0.25) is 0 Å². The molecule has 0 aromatic heterocycles. The predicted octanol–water partition coefficient (Wildman–Crippen LogP) is 1.61. The van der Waals surface area contributed by atoms with Crippen molar-refractivity contribution in [2.75, 3.05) is 32.9 Å². The van der Waals surface area contributed by atoms with E-state index in [-0.39, 0.29) is 28.6 Å². The lowest BCUT2D eigenvalue weighted by Crippen LogP contribution is -2.57. The van der Waals surface area contributed by atoms with Gasteiger partial charge in [-0.2, -0.15) is 4.31 Å². The zero-order valence-electron chi connectivity index (χ0n) is 14.6. The molecule has 2 saturated heterocycles. The number of sulfonamides is 1. The number of hydrogen-bond donors (Lipinski definition) is 1. The zero-order valence-corrected chi connectivity index (χ0v) is 15.4. The molecule has 0 aliphatic carbocycles. The van der Waals surface area contributed by atoms with Gasteiger partial charge in [0.25, 0.3) is 0 Å². The summed E-state index contributed by atoms with van der Waals surface area (Å²) in [6, 6.07) is 3.71. The van der Waals surface area contributed by atoms with E-state index in [1.807, 2.05) is 13.8 Å². The number of piperazine rings is 1. The Balaban J connectivity index is 1.74. The van der Waals surface area contributed by atoms with Gasteiger partial charge >= 0.3 is 0 Å². The van der Waals surface area contributed by atoms with E-state index in [2.05, 4.69) is 5.32 Å². The Morgan fingerprint density at radius 3 is 2.88 bits per heavy atom. The van der Waals surface area contributed by atoms with E-state index in [0.717, 1.165) is 12.5 Å². The van der Waals surface area contributed by atoms with Gasteiger partial charge in [-0.15, -0.1) is 0 Å². The van der Waals surface area contributed by atoms with Crippen molar-refractivity contribution in [1.82, 2.24) is 9.62 Å². The third-order valence-corrected chi connectivity index (χ3v) is 6.97. The molecule has 1 N–H and O–H groups in total. The number of halogens is 1. The standard InChI is InChI=1S/C17H25FN2O4S/c1-12-13(2)20(7-6-19-12)25(21,22)15-3-4-17(16(18)9-15)24-11-14-5-8-23-10-14/h3-4,9,12-14,19H,5-8,10-11H2,1-2H3. The number of benzene rings is 1. The molecule has 2 aliphatic heterocycles. The second-order valence-corrected chi connectivity index (χ2v) is 8.62. The van der Waals surface area contributed by atoms with Gasteiger partial charge in [0.1, 0.15) is 0 Å². The molecule has 6 nitrogen and oxygen atoms in total. The Bertz CT molecular complexity index is 707. The molecular weight excluding hydrogens is 347 g/mol. The van der Waals surface area contributed by atoms with Crippen molar-refractivity contribution in [1.29, 1.82) is 0 Å². The summed E-state index contributed by atoms with van der Waals surface area (Å²) in [6.45, 7) is 6.44.